The summed E-state index contributed by atoms with van der Waals surface area (Å²) in [6, 6.07) is 8.16. The number of amides is 1. The van der Waals surface area contributed by atoms with Gasteiger partial charge in [-0.2, -0.15) is 0 Å². The topological polar surface area (TPSA) is 118 Å². The van der Waals surface area contributed by atoms with Gasteiger partial charge in [0.1, 0.15) is 23.9 Å². The molecule has 34 heavy (non-hydrogen) atoms. The molecule has 182 valence electrons. The molecule has 3 rings (SSSR count). The number of alkyl halides is 1. The highest BCUT2D eigenvalue weighted by Gasteiger charge is 2.20. The van der Waals surface area contributed by atoms with Gasteiger partial charge in [-0.05, 0) is 30.8 Å². The van der Waals surface area contributed by atoms with E-state index in [9.17, 15) is 22.4 Å². The number of benzene rings is 2. The zero-order chi connectivity index (χ0) is 25.0. The average Bonchev–Trinajstić information content (AvgIpc) is 2.76. The van der Waals surface area contributed by atoms with E-state index in [0.717, 1.165) is 0 Å². The van der Waals surface area contributed by atoms with Gasteiger partial charge >= 0.3 is 11.7 Å². The number of hydrogen-bond donors (Lipinski definition) is 2. The van der Waals surface area contributed by atoms with Crippen LogP contribution >= 0.6 is 0 Å². The van der Waals surface area contributed by atoms with Crippen molar-refractivity contribution in [2.75, 3.05) is 31.7 Å². The van der Waals surface area contributed by atoms with Crippen LogP contribution in [0.25, 0.3) is 11.0 Å². The number of ether oxygens (including phenoxy) is 1. The summed E-state index contributed by atoms with van der Waals surface area (Å²) < 4.78 is 65.6. The van der Waals surface area contributed by atoms with Gasteiger partial charge in [0.2, 0.25) is 10.0 Å². The van der Waals surface area contributed by atoms with E-state index < -0.39 is 40.1 Å². The Morgan fingerprint density at radius 1 is 1.18 bits per heavy atom. The van der Waals surface area contributed by atoms with Crippen molar-refractivity contribution in [3.05, 3.63) is 69.3 Å². The van der Waals surface area contributed by atoms with Gasteiger partial charge in [0.15, 0.2) is 5.82 Å². The molecular formula is C22H23F2N3O6S. The van der Waals surface area contributed by atoms with Crippen molar-refractivity contribution in [1.29, 1.82) is 0 Å². The quantitative estimate of drug-likeness (QED) is 0.461. The number of nitrogens with one attached hydrogen (secondary N) is 2. The number of carbonyl (C=O) groups is 1. The molecule has 3 aromatic rings. The standard InChI is InChI=1S/C22H23F2N3O6S/c1-25-12-34(30,31)26-18-6-4-5-13(20(18)24)9-16-17(11-23)15-8-7-14(32-22(29)27(2)3)10-19(15)33-21(16)28/h4-8,10,25-26H,9,11-12H2,1-3H3. The van der Waals surface area contributed by atoms with E-state index in [1.54, 1.807) is 0 Å². The summed E-state index contributed by atoms with van der Waals surface area (Å²) in [5.41, 5.74) is -1.33. The predicted molar refractivity (Wildman–Crippen MR) is 123 cm³/mol. The Hall–Kier alpha value is -3.51. The molecular weight excluding hydrogens is 472 g/mol. The fourth-order valence-electron chi connectivity index (χ4n) is 3.25. The molecule has 1 aromatic heterocycles. The molecule has 0 aliphatic carbocycles. The minimum absolute atomic E-state index is 0.000459. The maximum Gasteiger partial charge on any atom is 0.414 e. The van der Waals surface area contributed by atoms with Crippen LogP contribution in [0.1, 0.15) is 16.7 Å². The van der Waals surface area contributed by atoms with Crippen LogP contribution in [0, 0.1) is 5.82 Å². The molecule has 12 heteroatoms. The molecule has 0 unspecified atom stereocenters. The van der Waals surface area contributed by atoms with Gasteiger partial charge in [0, 0.05) is 43.1 Å². The molecule has 0 aliphatic rings. The van der Waals surface area contributed by atoms with Gasteiger partial charge < -0.3 is 19.4 Å². The highest BCUT2D eigenvalue weighted by atomic mass is 32.2. The Kier molecular flexibility index (Phi) is 7.52. The molecule has 0 saturated carbocycles. The summed E-state index contributed by atoms with van der Waals surface area (Å²) in [5.74, 6) is -1.22. The Bertz CT molecular complexity index is 1390. The van der Waals surface area contributed by atoms with E-state index in [0.29, 0.717) is 0 Å². The van der Waals surface area contributed by atoms with Gasteiger partial charge in [0.05, 0.1) is 5.69 Å². The SMILES string of the molecule is CNCS(=O)(=O)Nc1cccc(Cc2c(CF)c3ccc(OC(=O)N(C)C)cc3oc2=O)c1F. The number of sulfonamides is 1. The van der Waals surface area contributed by atoms with Gasteiger partial charge in [-0.1, -0.05) is 12.1 Å². The number of fused-ring (bicyclic) bond motifs is 1. The molecule has 0 bridgehead atoms. The van der Waals surface area contributed by atoms with Crippen LogP contribution in [0.15, 0.2) is 45.6 Å². The predicted octanol–water partition coefficient (Wildman–Crippen LogP) is 2.97. The first kappa shape index (κ1) is 25.1. The Morgan fingerprint density at radius 2 is 1.91 bits per heavy atom. The number of anilines is 1. The monoisotopic (exact) mass is 495 g/mol. The second-order valence-electron chi connectivity index (χ2n) is 7.57. The number of carbonyl (C=O) groups excluding carboxylic acids is 1. The maximum absolute atomic E-state index is 15.0. The van der Waals surface area contributed by atoms with Gasteiger partial charge in [-0.3, -0.25) is 4.72 Å². The third-order valence-electron chi connectivity index (χ3n) is 4.84. The van der Waals surface area contributed by atoms with Crippen LogP contribution in [0.3, 0.4) is 0 Å². The lowest BCUT2D eigenvalue weighted by Crippen LogP contribution is -2.25. The van der Waals surface area contributed by atoms with E-state index in [1.165, 1.54) is 62.4 Å². The van der Waals surface area contributed by atoms with Crippen molar-refractivity contribution in [2.45, 2.75) is 13.1 Å². The van der Waals surface area contributed by atoms with Gasteiger partial charge in [0.25, 0.3) is 0 Å². The fraction of sp³-hybridized carbons (Fsp3) is 0.273. The van der Waals surface area contributed by atoms with Crippen molar-refractivity contribution in [1.82, 2.24) is 10.2 Å². The largest absolute Gasteiger partial charge is 0.422 e. The van der Waals surface area contributed by atoms with E-state index in [2.05, 4.69) is 10.0 Å². The van der Waals surface area contributed by atoms with Crippen molar-refractivity contribution in [3.8, 4) is 5.75 Å². The van der Waals surface area contributed by atoms with Crippen molar-refractivity contribution in [3.63, 3.8) is 0 Å². The molecule has 0 atom stereocenters. The summed E-state index contributed by atoms with van der Waals surface area (Å²) >= 11 is 0. The molecule has 1 heterocycles. The third-order valence-corrected chi connectivity index (χ3v) is 6.04. The molecule has 0 fully saturated rings. The molecule has 0 aliphatic heterocycles. The summed E-state index contributed by atoms with van der Waals surface area (Å²) in [6.45, 7) is -1.04. The minimum atomic E-state index is -3.85. The van der Waals surface area contributed by atoms with Gasteiger partial charge in [-0.25, -0.2) is 26.8 Å². The molecule has 0 saturated heterocycles. The van der Waals surface area contributed by atoms with E-state index >= 15 is 4.39 Å². The van der Waals surface area contributed by atoms with E-state index in [1.807, 2.05) is 0 Å². The number of rotatable bonds is 8. The molecule has 2 aromatic carbocycles. The summed E-state index contributed by atoms with van der Waals surface area (Å²) in [6.07, 6.45) is -0.979. The first-order valence-electron chi connectivity index (χ1n) is 10.0. The number of halogens is 2. The Morgan fingerprint density at radius 3 is 2.56 bits per heavy atom. The fourth-order valence-corrected chi connectivity index (χ4v) is 4.19. The van der Waals surface area contributed by atoms with Crippen LogP contribution in [0.5, 0.6) is 5.75 Å². The van der Waals surface area contributed by atoms with Crippen molar-refractivity contribution in [2.24, 2.45) is 0 Å². The first-order valence-corrected chi connectivity index (χ1v) is 11.7. The highest BCUT2D eigenvalue weighted by molar-refractivity contribution is 7.92. The highest BCUT2D eigenvalue weighted by Crippen LogP contribution is 2.28. The zero-order valence-electron chi connectivity index (χ0n) is 18.6. The van der Waals surface area contributed by atoms with Crippen LogP contribution in [0.4, 0.5) is 19.3 Å². The Labute approximate surface area is 194 Å². The lowest BCUT2D eigenvalue weighted by atomic mass is 9.98. The molecule has 1 amide bonds. The smallest absolute Gasteiger partial charge is 0.414 e. The first-order chi connectivity index (χ1) is 16.1. The summed E-state index contributed by atoms with van der Waals surface area (Å²) in [7, 11) is 0.578. The van der Waals surface area contributed by atoms with Gasteiger partial charge in [-0.15, -0.1) is 0 Å². The van der Waals surface area contributed by atoms with E-state index in [4.69, 9.17) is 9.15 Å². The third kappa shape index (κ3) is 5.51. The summed E-state index contributed by atoms with van der Waals surface area (Å²) in [5, 5.41) is 2.72. The van der Waals surface area contributed by atoms with Crippen molar-refractivity contribution >= 4 is 32.8 Å². The average molecular weight is 496 g/mol. The van der Waals surface area contributed by atoms with Crippen LogP contribution < -0.4 is 20.4 Å². The summed E-state index contributed by atoms with van der Waals surface area (Å²) in [4.78, 5) is 25.6. The normalized spacial score (nSPS) is 11.4. The van der Waals surface area contributed by atoms with Crippen molar-refractivity contribution < 1.29 is 31.1 Å². The Balaban J connectivity index is 2.01. The van der Waals surface area contributed by atoms with Crippen LogP contribution in [-0.4, -0.2) is 46.4 Å². The van der Waals surface area contributed by atoms with Crippen LogP contribution in [0.2, 0.25) is 0 Å². The second-order valence-corrected chi connectivity index (χ2v) is 9.29. The minimum Gasteiger partial charge on any atom is -0.422 e. The lowest BCUT2D eigenvalue weighted by Gasteiger charge is -2.14. The zero-order valence-corrected chi connectivity index (χ0v) is 19.5. The second kappa shape index (κ2) is 10.2. The lowest BCUT2D eigenvalue weighted by molar-refractivity contribution is 0.172. The van der Waals surface area contributed by atoms with Crippen LogP contribution in [-0.2, 0) is 23.1 Å². The molecule has 0 radical (unpaired) electrons. The maximum atomic E-state index is 15.0. The molecule has 9 nitrogen and oxygen atoms in total. The molecule has 0 spiro atoms. The van der Waals surface area contributed by atoms with E-state index in [-0.39, 0.29) is 45.5 Å². The molecule has 2 N–H and O–H groups in total. The number of hydrogen-bond acceptors (Lipinski definition) is 7. The number of nitrogens with zero attached hydrogens (tertiary/aromatic N) is 1.